The van der Waals surface area contributed by atoms with E-state index < -0.39 is 0 Å². The van der Waals surface area contributed by atoms with Gasteiger partial charge < -0.3 is 0 Å². The number of hydrogen-bond acceptors (Lipinski definition) is 2. The molecule has 0 aromatic heterocycles. The Balaban J connectivity index is 2.61. The molecule has 0 aliphatic carbocycles. The molecular weight excluding hydrogens is 188 g/mol. The SMILES string of the molecule is CCCC(=O)CC(=O)c1ccc(C)cc1. The molecule has 1 rings (SSSR count). The Morgan fingerprint density at radius 1 is 1.13 bits per heavy atom. The van der Waals surface area contributed by atoms with Crippen LogP contribution >= 0.6 is 0 Å². The van der Waals surface area contributed by atoms with Crippen LogP contribution in [0.1, 0.15) is 42.1 Å². The van der Waals surface area contributed by atoms with Gasteiger partial charge in [-0.1, -0.05) is 36.8 Å². The van der Waals surface area contributed by atoms with Gasteiger partial charge >= 0.3 is 0 Å². The van der Waals surface area contributed by atoms with Crippen LogP contribution in [0.4, 0.5) is 0 Å². The Labute approximate surface area is 90.3 Å². The number of rotatable bonds is 5. The monoisotopic (exact) mass is 204 g/mol. The van der Waals surface area contributed by atoms with E-state index in [1.807, 2.05) is 26.0 Å². The molecule has 0 amide bonds. The van der Waals surface area contributed by atoms with Crippen LogP contribution in [0.25, 0.3) is 0 Å². The normalized spacial score (nSPS) is 10.0. The maximum atomic E-state index is 11.6. The van der Waals surface area contributed by atoms with Crippen LogP contribution in [0.5, 0.6) is 0 Å². The number of aryl methyl sites for hydroxylation is 1. The second kappa shape index (κ2) is 5.44. The molecule has 0 radical (unpaired) electrons. The highest BCUT2D eigenvalue weighted by molar-refractivity contribution is 6.07. The van der Waals surface area contributed by atoms with Crippen molar-refractivity contribution in [2.75, 3.05) is 0 Å². The fraction of sp³-hybridized carbons (Fsp3) is 0.385. The van der Waals surface area contributed by atoms with E-state index in [2.05, 4.69) is 0 Å². The summed E-state index contributed by atoms with van der Waals surface area (Å²) >= 11 is 0. The molecule has 0 saturated carbocycles. The average Bonchev–Trinajstić information content (AvgIpc) is 2.18. The summed E-state index contributed by atoms with van der Waals surface area (Å²) in [5.74, 6) is -0.0449. The first-order chi connectivity index (χ1) is 7.13. The van der Waals surface area contributed by atoms with E-state index in [-0.39, 0.29) is 18.0 Å². The number of carbonyl (C=O) groups is 2. The van der Waals surface area contributed by atoms with E-state index in [1.54, 1.807) is 12.1 Å². The highest BCUT2D eigenvalue weighted by Gasteiger charge is 2.10. The average molecular weight is 204 g/mol. The van der Waals surface area contributed by atoms with Crippen LogP contribution in [0.2, 0.25) is 0 Å². The topological polar surface area (TPSA) is 34.1 Å². The lowest BCUT2D eigenvalue weighted by atomic mass is 10.0. The third-order valence-corrected chi connectivity index (χ3v) is 2.26. The zero-order chi connectivity index (χ0) is 11.3. The minimum Gasteiger partial charge on any atom is -0.299 e. The Bertz CT molecular complexity index is 349. The standard InChI is InChI=1S/C13H16O2/c1-3-4-12(14)9-13(15)11-7-5-10(2)6-8-11/h5-8H,3-4,9H2,1-2H3. The second-order valence-corrected chi connectivity index (χ2v) is 3.75. The molecule has 0 spiro atoms. The van der Waals surface area contributed by atoms with Gasteiger partial charge in [0.05, 0.1) is 6.42 Å². The maximum absolute atomic E-state index is 11.6. The van der Waals surface area contributed by atoms with Crippen molar-refractivity contribution in [1.29, 1.82) is 0 Å². The summed E-state index contributed by atoms with van der Waals surface area (Å²) in [6.07, 6.45) is 1.34. The molecule has 0 unspecified atom stereocenters. The molecule has 15 heavy (non-hydrogen) atoms. The van der Waals surface area contributed by atoms with Crippen LogP contribution in [0, 0.1) is 6.92 Å². The predicted octanol–water partition coefficient (Wildman–Crippen LogP) is 2.94. The van der Waals surface area contributed by atoms with Gasteiger partial charge in [-0.3, -0.25) is 9.59 Å². The largest absolute Gasteiger partial charge is 0.299 e. The molecule has 80 valence electrons. The van der Waals surface area contributed by atoms with Crippen molar-refractivity contribution in [3.05, 3.63) is 35.4 Å². The first kappa shape index (κ1) is 11.6. The van der Waals surface area contributed by atoms with Crippen LogP contribution in [0.15, 0.2) is 24.3 Å². The Kier molecular flexibility index (Phi) is 4.22. The summed E-state index contributed by atoms with van der Waals surface area (Å²) in [5, 5.41) is 0. The maximum Gasteiger partial charge on any atom is 0.170 e. The van der Waals surface area contributed by atoms with E-state index in [9.17, 15) is 9.59 Å². The van der Waals surface area contributed by atoms with E-state index in [1.165, 1.54) is 0 Å². The van der Waals surface area contributed by atoms with Gasteiger partial charge in [-0.2, -0.15) is 0 Å². The fourth-order valence-corrected chi connectivity index (χ4v) is 1.39. The van der Waals surface area contributed by atoms with Crippen LogP contribution in [0.3, 0.4) is 0 Å². The van der Waals surface area contributed by atoms with Crippen molar-refractivity contribution in [3.8, 4) is 0 Å². The Morgan fingerprint density at radius 2 is 1.73 bits per heavy atom. The number of carbonyl (C=O) groups excluding carboxylic acids is 2. The van der Waals surface area contributed by atoms with E-state index in [4.69, 9.17) is 0 Å². The van der Waals surface area contributed by atoms with Gasteiger partial charge in [-0.25, -0.2) is 0 Å². The van der Waals surface area contributed by atoms with Gasteiger partial charge in [0.1, 0.15) is 5.78 Å². The summed E-state index contributed by atoms with van der Waals surface area (Å²) in [5.41, 5.74) is 1.75. The Morgan fingerprint density at radius 3 is 2.27 bits per heavy atom. The summed E-state index contributed by atoms with van der Waals surface area (Å²) in [7, 11) is 0. The molecule has 0 heterocycles. The highest BCUT2D eigenvalue weighted by atomic mass is 16.1. The molecule has 0 N–H and O–H groups in total. The molecule has 1 aromatic rings. The Hall–Kier alpha value is -1.44. The van der Waals surface area contributed by atoms with E-state index in [0.717, 1.165) is 12.0 Å². The van der Waals surface area contributed by atoms with E-state index >= 15 is 0 Å². The van der Waals surface area contributed by atoms with Crippen LogP contribution in [-0.4, -0.2) is 11.6 Å². The molecule has 0 aliphatic heterocycles. The minimum atomic E-state index is -0.0755. The van der Waals surface area contributed by atoms with E-state index in [0.29, 0.717) is 12.0 Å². The predicted molar refractivity (Wildman–Crippen MR) is 60.0 cm³/mol. The van der Waals surface area contributed by atoms with Crippen LogP contribution < -0.4 is 0 Å². The van der Waals surface area contributed by atoms with Crippen molar-refractivity contribution < 1.29 is 9.59 Å². The smallest absolute Gasteiger partial charge is 0.170 e. The zero-order valence-electron chi connectivity index (χ0n) is 9.25. The van der Waals surface area contributed by atoms with Crippen molar-refractivity contribution in [2.24, 2.45) is 0 Å². The molecule has 0 bridgehead atoms. The number of ketones is 2. The van der Waals surface area contributed by atoms with Crippen LogP contribution in [-0.2, 0) is 4.79 Å². The lowest BCUT2D eigenvalue weighted by Crippen LogP contribution is -2.07. The molecule has 2 nitrogen and oxygen atoms in total. The molecule has 0 atom stereocenters. The van der Waals surface area contributed by atoms with Gasteiger partial charge in [-0.05, 0) is 13.3 Å². The zero-order valence-corrected chi connectivity index (χ0v) is 9.25. The second-order valence-electron chi connectivity index (χ2n) is 3.75. The van der Waals surface area contributed by atoms with Crippen molar-refractivity contribution in [2.45, 2.75) is 33.1 Å². The van der Waals surface area contributed by atoms with Crippen molar-refractivity contribution >= 4 is 11.6 Å². The van der Waals surface area contributed by atoms with Gasteiger partial charge in [0.25, 0.3) is 0 Å². The van der Waals surface area contributed by atoms with Gasteiger partial charge in [-0.15, -0.1) is 0 Å². The molecular formula is C13H16O2. The summed E-state index contributed by atoms with van der Waals surface area (Å²) in [6.45, 7) is 3.91. The molecule has 0 saturated heterocycles. The van der Waals surface area contributed by atoms with Gasteiger partial charge in [0.2, 0.25) is 0 Å². The first-order valence-electron chi connectivity index (χ1n) is 5.25. The molecule has 0 aliphatic rings. The lowest BCUT2D eigenvalue weighted by Gasteiger charge is -2.00. The van der Waals surface area contributed by atoms with Crippen molar-refractivity contribution in [3.63, 3.8) is 0 Å². The number of benzene rings is 1. The first-order valence-corrected chi connectivity index (χ1v) is 5.25. The lowest BCUT2D eigenvalue weighted by molar-refractivity contribution is -0.118. The highest BCUT2D eigenvalue weighted by Crippen LogP contribution is 2.07. The summed E-state index contributed by atoms with van der Waals surface area (Å²) < 4.78 is 0. The van der Waals surface area contributed by atoms with Gasteiger partial charge in [0.15, 0.2) is 5.78 Å². The number of hydrogen-bond donors (Lipinski definition) is 0. The third kappa shape index (κ3) is 3.66. The number of Topliss-reactive ketones (excluding diaryl/α,β-unsaturated/α-hetero) is 2. The molecule has 1 aromatic carbocycles. The van der Waals surface area contributed by atoms with Crippen molar-refractivity contribution in [1.82, 2.24) is 0 Å². The third-order valence-electron chi connectivity index (χ3n) is 2.26. The molecule has 2 heteroatoms. The summed E-state index contributed by atoms with van der Waals surface area (Å²) in [6, 6.07) is 7.32. The fourth-order valence-electron chi connectivity index (χ4n) is 1.39. The molecule has 0 fully saturated rings. The van der Waals surface area contributed by atoms with Gasteiger partial charge in [0, 0.05) is 12.0 Å². The minimum absolute atomic E-state index is 0.0306. The quantitative estimate of drug-likeness (QED) is 0.546. The summed E-state index contributed by atoms with van der Waals surface area (Å²) in [4.78, 5) is 22.9.